The summed E-state index contributed by atoms with van der Waals surface area (Å²) >= 11 is 0. The van der Waals surface area contributed by atoms with Crippen molar-refractivity contribution in [2.24, 2.45) is 0 Å². The lowest BCUT2D eigenvalue weighted by atomic mass is 9.87. The van der Waals surface area contributed by atoms with E-state index < -0.39 is 0 Å². The average molecular weight is 310 g/mol. The summed E-state index contributed by atoms with van der Waals surface area (Å²) < 4.78 is 6.26. The predicted molar refractivity (Wildman–Crippen MR) is 86.0 cm³/mol. The van der Waals surface area contributed by atoms with Gasteiger partial charge in [0.25, 0.3) is 0 Å². The van der Waals surface area contributed by atoms with Gasteiger partial charge in [0, 0.05) is 59.4 Å². The van der Waals surface area contributed by atoms with Gasteiger partial charge in [-0.05, 0) is 26.3 Å². The number of likely N-dealkylation sites (N-methyl/N-ethyl adjacent to an activating group) is 1. The molecular weight excluding hydrogens is 280 g/mol. The highest BCUT2D eigenvalue weighted by atomic mass is 16.5. The molecule has 1 spiro atoms. The summed E-state index contributed by atoms with van der Waals surface area (Å²) in [4.78, 5) is 20.7. The van der Waals surface area contributed by atoms with Gasteiger partial charge in [-0.15, -0.1) is 0 Å². The van der Waals surface area contributed by atoms with E-state index in [0.29, 0.717) is 6.04 Å². The van der Waals surface area contributed by atoms with Crippen LogP contribution < -0.4 is 0 Å². The van der Waals surface area contributed by atoms with E-state index in [0.717, 1.165) is 65.1 Å². The van der Waals surface area contributed by atoms with Crippen molar-refractivity contribution in [3.63, 3.8) is 0 Å². The summed E-state index contributed by atoms with van der Waals surface area (Å²) in [6.45, 7) is 7.16. The van der Waals surface area contributed by atoms with Crippen LogP contribution in [-0.4, -0.2) is 104 Å². The topological polar surface area (TPSA) is 39.3 Å². The maximum atomic E-state index is 12.0. The molecule has 0 aromatic heterocycles. The van der Waals surface area contributed by atoms with E-state index in [4.69, 9.17) is 4.74 Å². The van der Waals surface area contributed by atoms with E-state index in [-0.39, 0.29) is 11.6 Å². The van der Waals surface area contributed by atoms with Crippen LogP contribution in [0.2, 0.25) is 0 Å². The normalized spacial score (nSPS) is 30.0. The smallest absolute Gasteiger partial charge is 0.319 e. The van der Waals surface area contributed by atoms with Crippen LogP contribution in [0, 0.1) is 0 Å². The highest BCUT2D eigenvalue weighted by Gasteiger charge is 2.45. The van der Waals surface area contributed by atoms with Gasteiger partial charge in [0.1, 0.15) is 0 Å². The van der Waals surface area contributed by atoms with Gasteiger partial charge in [-0.2, -0.15) is 0 Å². The van der Waals surface area contributed by atoms with Gasteiger partial charge >= 0.3 is 6.03 Å². The minimum Gasteiger partial charge on any atom is -0.373 e. The number of likely N-dealkylation sites (tertiary alicyclic amines) is 1. The maximum Gasteiger partial charge on any atom is 0.319 e. The third kappa shape index (κ3) is 3.24. The second kappa shape index (κ2) is 6.34. The molecule has 3 heterocycles. The predicted octanol–water partition coefficient (Wildman–Crippen LogP) is 0.539. The first-order valence-corrected chi connectivity index (χ1v) is 8.52. The first kappa shape index (κ1) is 16.0. The van der Waals surface area contributed by atoms with E-state index >= 15 is 0 Å². The number of amides is 2. The number of piperidine rings is 1. The van der Waals surface area contributed by atoms with Gasteiger partial charge in [-0.3, -0.25) is 4.90 Å². The third-order valence-corrected chi connectivity index (χ3v) is 5.57. The number of hydrogen-bond donors (Lipinski definition) is 0. The van der Waals surface area contributed by atoms with E-state index in [1.54, 1.807) is 4.90 Å². The SMILES string of the molecule is CN1CCN(C2COC3(CCN(C(=O)N(C)C)CC3)C2)CC1. The van der Waals surface area contributed by atoms with Crippen LogP contribution >= 0.6 is 0 Å². The molecule has 2 amide bonds. The molecule has 22 heavy (non-hydrogen) atoms. The van der Waals surface area contributed by atoms with E-state index in [9.17, 15) is 4.79 Å². The first-order valence-electron chi connectivity index (χ1n) is 8.52. The Morgan fingerprint density at radius 2 is 1.73 bits per heavy atom. The first-order chi connectivity index (χ1) is 10.5. The number of rotatable bonds is 1. The van der Waals surface area contributed by atoms with Crippen LogP contribution in [0.5, 0.6) is 0 Å². The number of urea groups is 1. The Kier molecular flexibility index (Phi) is 4.61. The van der Waals surface area contributed by atoms with Crippen LogP contribution in [-0.2, 0) is 4.74 Å². The number of piperazine rings is 1. The van der Waals surface area contributed by atoms with Crippen molar-refractivity contribution in [1.82, 2.24) is 19.6 Å². The van der Waals surface area contributed by atoms with Crippen molar-refractivity contribution in [3.8, 4) is 0 Å². The highest BCUT2D eigenvalue weighted by molar-refractivity contribution is 5.73. The Morgan fingerprint density at radius 3 is 2.32 bits per heavy atom. The number of nitrogens with zero attached hydrogens (tertiary/aromatic N) is 4. The zero-order valence-electron chi connectivity index (χ0n) is 14.3. The highest BCUT2D eigenvalue weighted by Crippen LogP contribution is 2.38. The Bertz CT molecular complexity index is 399. The van der Waals surface area contributed by atoms with Crippen molar-refractivity contribution < 1.29 is 9.53 Å². The zero-order chi connectivity index (χ0) is 15.7. The molecule has 1 atom stereocenters. The van der Waals surface area contributed by atoms with Gasteiger partial charge in [-0.1, -0.05) is 0 Å². The van der Waals surface area contributed by atoms with Crippen LogP contribution in [0.3, 0.4) is 0 Å². The van der Waals surface area contributed by atoms with Gasteiger partial charge in [0.05, 0.1) is 12.2 Å². The molecule has 3 rings (SSSR count). The van der Waals surface area contributed by atoms with Crippen molar-refractivity contribution in [3.05, 3.63) is 0 Å². The molecule has 1 unspecified atom stereocenters. The van der Waals surface area contributed by atoms with Gasteiger partial charge in [-0.25, -0.2) is 4.79 Å². The van der Waals surface area contributed by atoms with Crippen molar-refractivity contribution in [2.45, 2.75) is 30.9 Å². The molecule has 3 fully saturated rings. The molecule has 6 nitrogen and oxygen atoms in total. The second-order valence-electron chi connectivity index (χ2n) is 7.36. The fourth-order valence-corrected chi connectivity index (χ4v) is 3.98. The number of ether oxygens (including phenoxy) is 1. The summed E-state index contributed by atoms with van der Waals surface area (Å²) in [6.07, 6.45) is 3.11. The monoisotopic (exact) mass is 310 g/mol. The van der Waals surface area contributed by atoms with E-state index in [1.807, 2.05) is 19.0 Å². The second-order valence-corrected chi connectivity index (χ2v) is 7.36. The molecule has 0 aromatic rings. The molecule has 3 aliphatic heterocycles. The molecule has 126 valence electrons. The molecule has 0 N–H and O–H groups in total. The van der Waals surface area contributed by atoms with Crippen LogP contribution in [0.1, 0.15) is 19.3 Å². The molecule has 0 bridgehead atoms. The molecular formula is C16H30N4O2. The van der Waals surface area contributed by atoms with E-state index in [2.05, 4.69) is 16.8 Å². The van der Waals surface area contributed by atoms with Gasteiger partial charge < -0.3 is 19.4 Å². The number of carbonyl (C=O) groups is 1. The zero-order valence-corrected chi connectivity index (χ0v) is 14.3. The Balaban J connectivity index is 1.51. The lowest BCUT2D eigenvalue weighted by molar-refractivity contribution is -0.0384. The minimum absolute atomic E-state index is 0.0249. The minimum atomic E-state index is 0.0249. The summed E-state index contributed by atoms with van der Waals surface area (Å²) in [5.74, 6) is 0. The third-order valence-electron chi connectivity index (χ3n) is 5.57. The Hall–Kier alpha value is -0.850. The Labute approximate surface area is 134 Å². The summed E-state index contributed by atoms with van der Waals surface area (Å²) in [5, 5.41) is 0. The van der Waals surface area contributed by atoms with Crippen molar-refractivity contribution in [1.29, 1.82) is 0 Å². The lowest BCUT2D eigenvalue weighted by Gasteiger charge is -2.40. The number of carbonyl (C=O) groups excluding carboxylic acids is 1. The van der Waals surface area contributed by atoms with Crippen LogP contribution in [0.4, 0.5) is 4.79 Å². The van der Waals surface area contributed by atoms with Crippen molar-refractivity contribution >= 4 is 6.03 Å². The fourth-order valence-electron chi connectivity index (χ4n) is 3.98. The maximum absolute atomic E-state index is 12.0. The van der Waals surface area contributed by atoms with Crippen molar-refractivity contribution in [2.75, 3.05) is 67.0 Å². The molecule has 3 aliphatic rings. The van der Waals surface area contributed by atoms with Gasteiger partial charge in [0.2, 0.25) is 0 Å². The largest absolute Gasteiger partial charge is 0.373 e. The molecule has 0 aliphatic carbocycles. The standard InChI is InChI=1S/C16H30N4O2/c1-17(2)15(21)20-6-4-16(5-7-20)12-14(13-22-16)19-10-8-18(3)9-11-19/h14H,4-13H2,1-3H3. The lowest BCUT2D eigenvalue weighted by Crippen LogP contribution is -2.51. The van der Waals surface area contributed by atoms with E-state index in [1.165, 1.54) is 0 Å². The molecule has 3 saturated heterocycles. The summed E-state index contributed by atoms with van der Waals surface area (Å²) in [7, 11) is 5.84. The molecule has 0 radical (unpaired) electrons. The quantitative estimate of drug-likeness (QED) is 0.709. The molecule has 0 aromatic carbocycles. The summed E-state index contributed by atoms with van der Waals surface area (Å²) in [6, 6.07) is 0.702. The van der Waals surface area contributed by atoms with Crippen LogP contribution in [0.25, 0.3) is 0 Å². The Morgan fingerprint density at radius 1 is 1.09 bits per heavy atom. The number of hydrogen-bond acceptors (Lipinski definition) is 4. The van der Waals surface area contributed by atoms with Gasteiger partial charge in [0.15, 0.2) is 0 Å². The fraction of sp³-hybridized carbons (Fsp3) is 0.938. The average Bonchev–Trinajstić information content (AvgIpc) is 2.92. The molecule has 6 heteroatoms. The van der Waals surface area contributed by atoms with Crippen LogP contribution in [0.15, 0.2) is 0 Å². The molecule has 0 saturated carbocycles. The summed E-state index contributed by atoms with van der Waals surface area (Å²) in [5.41, 5.74) is 0.0249.